The van der Waals surface area contributed by atoms with E-state index >= 15 is 0 Å². The molecule has 1 aliphatic heterocycles. The summed E-state index contributed by atoms with van der Waals surface area (Å²) >= 11 is 1.68. The van der Waals surface area contributed by atoms with Crippen molar-refractivity contribution in [2.75, 3.05) is 16.8 Å². The lowest BCUT2D eigenvalue weighted by Crippen LogP contribution is -2.37. The van der Waals surface area contributed by atoms with Crippen LogP contribution in [0.1, 0.15) is 49.0 Å². The molecule has 4 nitrogen and oxygen atoms in total. The summed E-state index contributed by atoms with van der Waals surface area (Å²) in [5.41, 5.74) is 2.41. The number of thiophene rings is 1. The van der Waals surface area contributed by atoms with Crippen LogP contribution in [-0.4, -0.2) is 18.4 Å². The first-order valence-corrected chi connectivity index (χ1v) is 10.2. The van der Waals surface area contributed by atoms with E-state index < -0.39 is 0 Å². The number of rotatable bonds is 4. The quantitative estimate of drug-likeness (QED) is 0.855. The number of nitrogens with zero attached hydrogens (tertiary/aromatic N) is 1. The molecule has 2 amide bonds. The molecular weight excluding hydrogens is 344 g/mol. The summed E-state index contributed by atoms with van der Waals surface area (Å²) in [6.07, 6.45) is 5.57. The first-order valence-electron chi connectivity index (χ1n) is 9.37. The van der Waals surface area contributed by atoms with Crippen LogP contribution in [0.4, 0.5) is 11.4 Å². The van der Waals surface area contributed by atoms with E-state index in [0.29, 0.717) is 6.42 Å². The Balaban J connectivity index is 1.56. The lowest BCUT2D eigenvalue weighted by atomic mass is 9.83. The van der Waals surface area contributed by atoms with Crippen molar-refractivity contribution in [1.82, 2.24) is 0 Å². The van der Waals surface area contributed by atoms with Gasteiger partial charge in [-0.1, -0.05) is 18.9 Å². The Kier molecular flexibility index (Phi) is 4.57. The van der Waals surface area contributed by atoms with Gasteiger partial charge in [0.25, 0.3) is 0 Å². The van der Waals surface area contributed by atoms with Crippen molar-refractivity contribution in [3.63, 3.8) is 0 Å². The monoisotopic (exact) mass is 368 g/mol. The normalized spacial score (nSPS) is 19.1. The van der Waals surface area contributed by atoms with Crippen molar-refractivity contribution in [1.29, 1.82) is 0 Å². The number of carbonyl (C=O) groups is 2. The zero-order valence-electron chi connectivity index (χ0n) is 15.1. The fraction of sp³-hybridized carbons (Fsp3) is 0.429. The molecule has 0 atom stereocenters. The predicted molar refractivity (Wildman–Crippen MR) is 106 cm³/mol. The second-order valence-corrected chi connectivity index (χ2v) is 8.32. The van der Waals surface area contributed by atoms with Gasteiger partial charge in [-0.25, -0.2) is 0 Å². The maximum Gasteiger partial charge on any atom is 0.235 e. The summed E-state index contributed by atoms with van der Waals surface area (Å²) in [5, 5.41) is 5.20. The van der Waals surface area contributed by atoms with E-state index in [9.17, 15) is 9.59 Å². The van der Waals surface area contributed by atoms with Crippen LogP contribution in [0.15, 0.2) is 35.7 Å². The van der Waals surface area contributed by atoms with Gasteiger partial charge in [0, 0.05) is 29.2 Å². The van der Waals surface area contributed by atoms with Gasteiger partial charge in [0.1, 0.15) is 0 Å². The summed E-state index contributed by atoms with van der Waals surface area (Å²) < 4.78 is 0. The molecule has 1 saturated heterocycles. The van der Waals surface area contributed by atoms with Gasteiger partial charge in [-0.15, -0.1) is 11.3 Å². The minimum Gasteiger partial charge on any atom is -0.325 e. The van der Waals surface area contributed by atoms with Crippen molar-refractivity contribution >= 4 is 34.5 Å². The highest BCUT2D eigenvalue weighted by molar-refractivity contribution is 7.10. The van der Waals surface area contributed by atoms with E-state index in [1.165, 1.54) is 4.88 Å². The molecule has 2 fully saturated rings. The van der Waals surface area contributed by atoms with Crippen LogP contribution in [0.2, 0.25) is 0 Å². The second kappa shape index (κ2) is 6.88. The molecule has 4 rings (SSSR count). The van der Waals surface area contributed by atoms with Crippen LogP contribution < -0.4 is 10.2 Å². The van der Waals surface area contributed by atoms with Gasteiger partial charge in [0.05, 0.1) is 5.41 Å². The first-order chi connectivity index (χ1) is 12.6. The minimum absolute atomic E-state index is 0.0989. The van der Waals surface area contributed by atoms with Gasteiger partial charge >= 0.3 is 0 Å². The molecule has 1 saturated carbocycles. The smallest absolute Gasteiger partial charge is 0.235 e. The van der Waals surface area contributed by atoms with Crippen molar-refractivity contribution < 1.29 is 9.59 Å². The van der Waals surface area contributed by atoms with E-state index in [2.05, 4.69) is 16.8 Å². The van der Waals surface area contributed by atoms with Gasteiger partial charge in [-0.2, -0.15) is 0 Å². The summed E-state index contributed by atoms with van der Waals surface area (Å²) in [5.74, 6) is 0.286. The van der Waals surface area contributed by atoms with Gasteiger partial charge in [0.15, 0.2) is 0 Å². The number of nitrogens with one attached hydrogen (secondary N) is 1. The third kappa shape index (κ3) is 2.94. The average Bonchev–Trinajstić information content (AvgIpc) is 3.37. The topological polar surface area (TPSA) is 49.4 Å². The Labute approximate surface area is 158 Å². The largest absolute Gasteiger partial charge is 0.325 e. The van der Waals surface area contributed by atoms with Crippen LogP contribution in [0.25, 0.3) is 0 Å². The highest BCUT2D eigenvalue weighted by Gasteiger charge is 2.43. The van der Waals surface area contributed by atoms with Gasteiger partial charge in [0.2, 0.25) is 11.8 Å². The third-order valence-corrected chi connectivity index (χ3v) is 6.78. The molecule has 5 heteroatoms. The number of amides is 2. The molecule has 2 aliphatic rings. The van der Waals surface area contributed by atoms with Crippen molar-refractivity contribution in [3.8, 4) is 0 Å². The number of benzene rings is 1. The summed E-state index contributed by atoms with van der Waals surface area (Å²) in [4.78, 5) is 28.2. The molecule has 136 valence electrons. The van der Waals surface area contributed by atoms with Crippen molar-refractivity contribution in [2.24, 2.45) is 0 Å². The molecule has 26 heavy (non-hydrogen) atoms. The van der Waals surface area contributed by atoms with E-state index in [0.717, 1.165) is 55.6 Å². The van der Waals surface area contributed by atoms with Gasteiger partial charge in [-0.3, -0.25) is 9.59 Å². The molecule has 1 aromatic heterocycles. The van der Waals surface area contributed by atoms with Crippen LogP contribution in [0.5, 0.6) is 0 Å². The SMILES string of the molecule is Cc1cc(NC(=O)C2(c3cccs3)CCCC2)ccc1N1CCCC1=O. The second-order valence-electron chi connectivity index (χ2n) is 7.37. The van der Waals surface area contributed by atoms with Crippen LogP contribution >= 0.6 is 11.3 Å². The molecule has 0 bridgehead atoms. The molecule has 1 N–H and O–H groups in total. The molecule has 0 unspecified atom stereocenters. The first kappa shape index (κ1) is 17.3. The Bertz CT molecular complexity index is 823. The van der Waals surface area contributed by atoms with Crippen molar-refractivity contribution in [3.05, 3.63) is 46.2 Å². The molecule has 1 aromatic carbocycles. The molecule has 0 spiro atoms. The minimum atomic E-state index is -0.383. The number of hydrogen-bond acceptors (Lipinski definition) is 3. The fourth-order valence-corrected chi connectivity index (χ4v) is 5.29. The lowest BCUT2D eigenvalue weighted by molar-refractivity contribution is -0.121. The Hall–Kier alpha value is -2.14. The summed E-state index contributed by atoms with van der Waals surface area (Å²) in [6.45, 7) is 2.79. The number of anilines is 2. The number of aryl methyl sites for hydroxylation is 1. The van der Waals surface area contributed by atoms with E-state index in [-0.39, 0.29) is 17.2 Å². The third-order valence-electron chi connectivity index (χ3n) is 5.70. The maximum atomic E-state index is 13.2. The van der Waals surface area contributed by atoms with E-state index in [1.54, 1.807) is 11.3 Å². The van der Waals surface area contributed by atoms with Gasteiger partial charge < -0.3 is 10.2 Å². The maximum absolute atomic E-state index is 13.2. The lowest BCUT2D eigenvalue weighted by Gasteiger charge is -2.27. The molecule has 2 aromatic rings. The molecular formula is C21H24N2O2S. The highest BCUT2D eigenvalue weighted by Crippen LogP contribution is 2.44. The van der Waals surface area contributed by atoms with Gasteiger partial charge in [-0.05, 0) is 61.4 Å². The Morgan fingerprint density at radius 2 is 2.00 bits per heavy atom. The summed E-state index contributed by atoms with van der Waals surface area (Å²) in [7, 11) is 0. The van der Waals surface area contributed by atoms with Crippen LogP contribution in [0.3, 0.4) is 0 Å². The van der Waals surface area contributed by atoms with Crippen LogP contribution in [-0.2, 0) is 15.0 Å². The predicted octanol–water partition coefficient (Wildman–Crippen LogP) is 4.63. The van der Waals surface area contributed by atoms with E-state index in [4.69, 9.17) is 0 Å². The fourth-order valence-electron chi connectivity index (χ4n) is 4.30. The highest BCUT2D eigenvalue weighted by atomic mass is 32.1. The summed E-state index contributed by atoms with van der Waals surface area (Å²) in [6, 6.07) is 9.97. The average molecular weight is 369 g/mol. The van der Waals surface area contributed by atoms with E-state index in [1.807, 2.05) is 36.1 Å². The zero-order chi connectivity index (χ0) is 18.1. The Morgan fingerprint density at radius 1 is 1.19 bits per heavy atom. The standard InChI is InChI=1S/C21H24N2O2S/c1-15-14-16(8-9-17(15)23-12-4-7-19(23)24)22-20(25)21(10-2-3-11-21)18-6-5-13-26-18/h5-6,8-9,13-14H,2-4,7,10-12H2,1H3,(H,22,25). The molecule has 1 aliphatic carbocycles. The zero-order valence-corrected chi connectivity index (χ0v) is 15.9. The molecule has 2 heterocycles. The number of hydrogen-bond donors (Lipinski definition) is 1. The Morgan fingerprint density at radius 3 is 2.62 bits per heavy atom. The van der Waals surface area contributed by atoms with Crippen molar-refractivity contribution in [2.45, 2.75) is 50.9 Å². The molecule has 0 radical (unpaired) electrons. The number of carbonyl (C=O) groups excluding carboxylic acids is 2. The van der Waals surface area contributed by atoms with Crippen LogP contribution in [0, 0.1) is 6.92 Å².